The van der Waals surface area contributed by atoms with E-state index in [-0.39, 0.29) is 17.8 Å². The van der Waals surface area contributed by atoms with E-state index in [0.29, 0.717) is 35.5 Å². The average Bonchev–Trinajstić information content (AvgIpc) is 2.58. The lowest BCUT2D eigenvalue weighted by Gasteiger charge is -2.39. The smallest absolute Gasteiger partial charge is 0.254 e. The van der Waals surface area contributed by atoms with Crippen LogP contribution in [0.1, 0.15) is 33.2 Å². The van der Waals surface area contributed by atoms with Gasteiger partial charge in [-0.2, -0.15) is 5.26 Å². The number of Topliss-reactive ketones (excluding diaryl/α,β-unsaturated/α-hetero) is 1. The van der Waals surface area contributed by atoms with E-state index in [1.165, 1.54) is 6.92 Å². The summed E-state index contributed by atoms with van der Waals surface area (Å²) in [5, 5.41) is 8.77. The number of carbonyl (C=O) groups is 2. The van der Waals surface area contributed by atoms with Gasteiger partial charge in [-0.05, 0) is 43.3 Å². The lowest BCUT2D eigenvalue weighted by atomic mass is 10.1. The molecule has 5 nitrogen and oxygen atoms in total. The minimum atomic E-state index is -0.0650. The first-order valence-electron chi connectivity index (χ1n) is 7.64. The average molecular weight is 320 g/mol. The van der Waals surface area contributed by atoms with E-state index >= 15 is 0 Å². The molecule has 1 aliphatic rings. The molecule has 1 amide bonds. The molecule has 3 rings (SSSR count). The number of ketones is 1. The highest BCUT2D eigenvalue weighted by molar-refractivity contribution is 5.98. The number of nitrogens with zero attached hydrogens (tertiary/aromatic N) is 2. The predicted molar refractivity (Wildman–Crippen MR) is 87.9 cm³/mol. The Hall–Kier alpha value is -3.13. The molecule has 0 unspecified atom stereocenters. The van der Waals surface area contributed by atoms with Crippen LogP contribution in [-0.4, -0.2) is 35.8 Å². The first-order chi connectivity index (χ1) is 11.6. The van der Waals surface area contributed by atoms with Crippen molar-refractivity contribution in [2.24, 2.45) is 0 Å². The first kappa shape index (κ1) is 15.8. The molecular formula is C19H16N2O3. The van der Waals surface area contributed by atoms with Crippen molar-refractivity contribution in [3.05, 3.63) is 65.2 Å². The van der Waals surface area contributed by atoms with Crippen LogP contribution in [0.15, 0.2) is 48.5 Å². The third-order valence-electron chi connectivity index (χ3n) is 3.96. The molecular weight excluding hydrogens is 304 g/mol. The Kier molecular flexibility index (Phi) is 4.30. The van der Waals surface area contributed by atoms with Gasteiger partial charge in [0, 0.05) is 11.1 Å². The number of carbonyl (C=O) groups excluding carboxylic acids is 2. The number of benzene rings is 2. The summed E-state index contributed by atoms with van der Waals surface area (Å²) in [6, 6.07) is 15.7. The fourth-order valence-electron chi connectivity index (χ4n) is 2.51. The van der Waals surface area contributed by atoms with Gasteiger partial charge in [0.15, 0.2) is 5.78 Å². The maximum atomic E-state index is 12.3. The van der Waals surface area contributed by atoms with Crippen LogP contribution in [-0.2, 0) is 0 Å². The number of amides is 1. The summed E-state index contributed by atoms with van der Waals surface area (Å²) in [4.78, 5) is 25.3. The maximum absolute atomic E-state index is 12.3. The third-order valence-corrected chi connectivity index (χ3v) is 3.96. The number of rotatable bonds is 4. The van der Waals surface area contributed by atoms with E-state index in [4.69, 9.17) is 10.00 Å². The van der Waals surface area contributed by atoms with Gasteiger partial charge in [-0.1, -0.05) is 12.1 Å². The second-order valence-corrected chi connectivity index (χ2v) is 5.72. The fraction of sp³-hybridized carbons (Fsp3) is 0.211. The lowest BCUT2D eigenvalue weighted by Crippen LogP contribution is -2.56. The van der Waals surface area contributed by atoms with Gasteiger partial charge >= 0.3 is 0 Å². The molecule has 0 spiro atoms. The Bertz CT molecular complexity index is 798. The van der Waals surface area contributed by atoms with E-state index in [1.54, 1.807) is 53.4 Å². The van der Waals surface area contributed by atoms with Crippen LogP contribution in [0.2, 0.25) is 0 Å². The van der Waals surface area contributed by atoms with Crippen LogP contribution >= 0.6 is 0 Å². The second-order valence-electron chi connectivity index (χ2n) is 5.72. The Morgan fingerprint density at radius 1 is 1.04 bits per heavy atom. The molecule has 0 N–H and O–H groups in total. The molecule has 0 aliphatic carbocycles. The molecule has 2 aromatic rings. The van der Waals surface area contributed by atoms with E-state index < -0.39 is 0 Å². The zero-order valence-corrected chi connectivity index (χ0v) is 13.2. The molecule has 0 bridgehead atoms. The van der Waals surface area contributed by atoms with Gasteiger partial charge in [-0.3, -0.25) is 9.59 Å². The molecule has 1 aliphatic heterocycles. The molecule has 120 valence electrons. The zero-order chi connectivity index (χ0) is 17.1. The van der Waals surface area contributed by atoms with Gasteiger partial charge in [0.2, 0.25) is 0 Å². The summed E-state index contributed by atoms with van der Waals surface area (Å²) in [5.41, 5.74) is 1.75. The number of hydrogen-bond donors (Lipinski definition) is 0. The fourth-order valence-corrected chi connectivity index (χ4v) is 2.51. The predicted octanol–water partition coefficient (Wildman–Crippen LogP) is 2.66. The highest BCUT2D eigenvalue weighted by Gasteiger charge is 2.32. The first-order valence-corrected chi connectivity index (χ1v) is 7.64. The van der Waals surface area contributed by atoms with E-state index in [9.17, 15) is 9.59 Å². The van der Waals surface area contributed by atoms with E-state index in [0.717, 1.165) is 0 Å². The number of hydrogen-bond acceptors (Lipinski definition) is 4. The van der Waals surface area contributed by atoms with Crippen molar-refractivity contribution in [2.45, 2.75) is 13.0 Å². The number of ether oxygens (including phenoxy) is 1. The topological polar surface area (TPSA) is 70.4 Å². The Morgan fingerprint density at radius 2 is 1.62 bits per heavy atom. The summed E-state index contributed by atoms with van der Waals surface area (Å²) < 4.78 is 5.77. The summed E-state index contributed by atoms with van der Waals surface area (Å²) in [5.74, 6) is 0.607. The van der Waals surface area contributed by atoms with Crippen LogP contribution in [0, 0.1) is 11.3 Å². The molecule has 0 atom stereocenters. The lowest BCUT2D eigenvalue weighted by molar-refractivity contribution is 0.0178. The number of nitriles is 1. The summed E-state index contributed by atoms with van der Waals surface area (Å²) >= 11 is 0. The van der Waals surface area contributed by atoms with Crippen LogP contribution in [0.5, 0.6) is 5.75 Å². The van der Waals surface area contributed by atoms with Gasteiger partial charge in [-0.15, -0.1) is 0 Å². The molecule has 0 radical (unpaired) electrons. The van der Waals surface area contributed by atoms with Gasteiger partial charge < -0.3 is 9.64 Å². The SMILES string of the molecule is CC(=O)c1ccc(C(=O)N2CC(Oc3ccc(C#N)cc3)C2)cc1. The molecule has 0 saturated carbocycles. The highest BCUT2D eigenvalue weighted by Crippen LogP contribution is 2.20. The quantitative estimate of drug-likeness (QED) is 0.812. The van der Waals surface area contributed by atoms with Crippen molar-refractivity contribution in [1.29, 1.82) is 5.26 Å². The van der Waals surface area contributed by atoms with Crippen LogP contribution in [0.3, 0.4) is 0 Å². The van der Waals surface area contributed by atoms with Gasteiger partial charge in [0.05, 0.1) is 24.7 Å². The summed E-state index contributed by atoms with van der Waals surface area (Å²) in [6.07, 6.45) is -0.0432. The third kappa shape index (κ3) is 3.28. The molecule has 1 fully saturated rings. The Morgan fingerprint density at radius 3 is 2.17 bits per heavy atom. The molecule has 5 heteroatoms. The van der Waals surface area contributed by atoms with Gasteiger partial charge in [0.1, 0.15) is 11.9 Å². The monoisotopic (exact) mass is 320 g/mol. The standard InChI is InChI=1S/C19H16N2O3/c1-13(22)15-4-6-16(7-5-15)19(23)21-11-18(12-21)24-17-8-2-14(10-20)3-9-17/h2-9,18H,11-12H2,1H3. The van der Waals surface area contributed by atoms with Crippen molar-refractivity contribution in [1.82, 2.24) is 4.90 Å². The van der Waals surface area contributed by atoms with Crippen molar-refractivity contribution in [3.8, 4) is 11.8 Å². The Labute approximate surface area is 140 Å². The molecule has 2 aromatic carbocycles. The van der Waals surface area contributed by atoms with E-state index in [1.807, 2.05) is 0 Å². The van der Waals surface area contributed by atoms with Crippen molar-refractivity contribution in [3.63, 3.8) is 0 Å². The molecule has 1 saturated heterocycles. The molecule has 0 aromatic heterocycles. The normalized spacial score (nSPS) is 13.8. The van der Waals surface area contributed by atoms with Gasteiger partial charge in [-0.25, -0.2) is 0 Å². The summed E-state index contributed by atoms with van der Waals surface area (Å²) in [6.45, 7) is 2.54. The minimum absolute atomic E-state index is 0.0196. The Balaban J connectivity index is 1.54. The van der Waals surface area contributed by atoms with Crippen molar-refractivity contribution < 1.29 is 14.3 Å². The largest absolute Gasteiger partial charge is 0.487 e. The number of likely N-dealkylation sites (tertiary alicyclic amines) is 1. The van der Waals surface area contributed by atoms with Crippen LogP contribution < -0.4 is 4.74 Å². The highest BCUT2D eigenvalue weighted by atomic mass is 16.5. The molecule has 1 heterocycles. The molecule has 24 heavy (non-hydrogen) atoms. The van der Waals surface area contributed by atoms with Crippen molar-refractivity contribution >= 4 is 11.7 Å². The second kappa shape index (κ2) is 6.55. The zero-order valence-electron chi connectivity index (χ0n) is 13.2. The minimum Gasteiger partial charge on any atom is -0.487 e. The van der Waals surface area contributed by atoms with Gasteiger partial charge in [0.25, 0.3) is 5.91 Å². The van der Waals surface area contributed by atoms with Crippen LogP contribution in [0.25, 0.3) is 0 Å². The van der Waals surface area contributed by atoms with Crippen LogP contribution in [0.4, 0.5) is 0 Å². The van der Waals surface area contributed by atoms with E-state index in [2.05, 4.69) is 6.07 Å². The van der Waals surface area contributed by atoms with Crippen molar-refractivity contribution in [2.75, 3.05) is 13.1 Å². The summed E-state index contributed by atoms with van der Waals surface area (Å²) in [7, 11) is 0. The maximum Gasteiger partial charge on any atom is 0.254 e.